The number of hydrogen-bond donors (Lipinski definition) is 2. The second-order valence-corrected chi connectivity index (χ2v) is 5.79. The first-order valence-electron chi connectivity index (χ1n) is 7.33. The summed E-state index contributed by atoms with van der Waals surface area (Å²) in [4.78, 5) is 10.1. The number of imidazole rings is 1. The van der Waals surface area contributed by atoms with Crippen LogP contribution in [0.4, 0.5) is 0 Å². The fourth-order valence-electron chi connectivity index (χ4n) is 3.36. The normalized spacial score (nSPS) is 27.4. The second kappa shape index (κ2) is 5.85. The van der Waals surface area contributed by atoms with Crippen LogP contribution in [0.1, 0.15) is 37.3 Å². The van der Waals surface area contributed by atoms with Crippen LogP contribution in [0, 0.1) is 5.92 Å². The van der Waals surface area contributed by atoms with Gasteiger partial charge in [-0.15, -0.1) is 0 Å². The summed E-state index contributed by atoms with van der Waals surface area (Å²) in [6.45, 7) is 6.24. The summed E-state index contributed by atoms with van der Waals surface area (Å²) in [5.41, 5.74) is 1.33. The summed E-state index contributed by atoms with van der Waals surface area (Å²) in [7, 11) is 0. The Morgan fingerprint density at radius 3 is 2.83 bits per heavy atom. The lowest BCUT2D eigenvalue weighted by Crippen LogP contribution is -2.41. The number of nitrogens with one attached hydrogen (secondary N) is 2. The van der Waals surface area contributed by atoms with E-state index < -0.39 is 0 Å². The molecule has 100 valence electrons. The fourth-order valence-corrected chi connectivity index (χ4v) is 3.36. The molecular weight excluding hydrogens is 224 g/mol. The highest BCUT2D eigenvalue weighted by atomic mass is 15.1. The molecule has 18 heavy (non-hydrogen) atoms. The number of nitrogens with zero attached hydrogens (tertiary/aromatic N) is 2. The van der Waals surface area contributed by atoms with E-state index in [0.717, 1.165) is 5.92 Å². The Bertz CT molecular complexity index is 335. The molecule has 2 N–H and O–H groups in total. The second-order valence-electron chi connectivity index (χ2n) is 5.79. The van der Waals surface area contributed by atoms with Crippen molar-refractivity contribution in [2.24, 2.45) is 5.92 Å². The standard InChI is InChI=1S/C14H24N4/c1-2-12(8-15-5-1)10-18-6-3-13(4-7-18)14-9-16-11-17-14/h9,11-13,15H,1-8,10H2,(H,16,17). The van der Waals surface area contributed by atoms with Gasteiger partial charge in [0.15, 0.2) is 0 Å². The maximum Gasteiger partial charge on any atom is 0.0921 e. The zero-order valence-corrected chi connectivity index (χ0v) is 11.1. The predicted molar refractivity (Wildman–Crippen MR) is 72.6 cm³/mol. The molecule has 0 saturated carbocycles. The molecule has 2 fully saturated rings. The molecule has 0 radical (unpaired) electrons. The molecule has 0 aromatic carbocycles. The van der Waals surface area contributed by atoms with Gasteiger partial charge >= 0.3 is 0 Å². The summed E-state index contributed by atoms with van der Waals surface area (Å²) in [5, 5.41) is 3.52. The number of rotatable bonds is 3. The monoisotopic (exact) mass is 248 g/mol. The maximum absolute atomic E-state index is 4.13. The fraction of sp³-hybridized carbons (Fsp3) is 0.786. The SMILES string of the molecule is c1ncc(C2CCN(CC3CCCNC3)CC2)[nH]1. The van der Waals surface area contributed by atoms with Gasteiger partial charge in [-0.1, -0.05) is 0 Å². The Kier molecular flexibility index (Phi) is 3.96. The molecule has 4 heteroatoms. The maximum atomic E-state index is 4.13. The highest BCUT2D eigenvalue weighted by molar-refractivity contribution is 5.04. The summed E-state index contributed by atoms with van der Waals surface area (Å²) >= 11 is 0. The molecule has 1 atom stereocenters. The zero-order chi connectivity index (χ0) is 12.2. The number of H-pyrrole nitrogens is 1. The van der Waals surface area contributed by atoms with Crippen molar-refractivity contribution in [2.75, 3.05) is 32.7 Å². The van der Waals surface area contributed by atoms with Crippen molar-refractivity contribution in [3.63, 3.8) is 0 Å². The molecule has 0 spiro atoms. The highest BCUT2D eigenvalue weighted by Gasteiger charge is 2.23. The Morgan fingerprint density at radius 2 is 2.17 bits per heavy atom. The smallest absolute Gasteiger partial charge is 0.0921 e. The van der Waals surface area contributed by atoms with E-state index in [1.54, 1.807) is 6.33 Å². The van der Waals surface area contributed by atoms with Crippen molar-refractivity contribution in [2.45, 2.75) is 31.6 Å². The summed E-state index contributed by atoms with van der Waals surface area (Å²) in [6, 6.07) is 0. The highest BCUT2D eigenvalue weighted by Crippen LogP contribution is 2.27. The van der Waals surface area contributed by atoms with E-state index >= 15 is 0 Å². The first kappa shape index (κ1) is 12.2. The lowest BCUT2D eigenvalue weighted by molar-refractivity contribution is 0.168. The minimum absolute atomic E-state index is 0.702. The molecule has 3 rings (SSSR count). The lowest BCUT2D eigenvalue weighted by Gasteiger charge is -2.35. The van der Waals surface area contributed by atoms with Crippen LogP contribution in [0.5, 0.6) is 0 Å². The number of hydrogen-bond acceptors (Lipinski definition) is 3. The largest absolute Gasteiger partial charge is 0.348 e. The first-order chi connectivity index (χ1) is 8.92. The molecule has 2 saturated heterocycles. The molecule has 1 aromatic rings. The summed E-state index contributed by atoms with van der Waals surface area (Å²) in [6.07, 6.45) is 9.12. The van der Waals surface area contributed by atoms with Gasteiger partial charge in [0.2, 0.25) is 0 Å². The van der Waals surface area contributed by atoms with Gasteiger partial charge in [-0.3, -0.25) is 0 Å². The molecular formula is C14H24N4. The van der Waals surface area contributed by atoms with Crippen LogP contribution in [-0.4, -0.2) is 47.6 Å². The number of aromatic amines is 1. The van der Waals surface area contributed by atoms with Crippen LogP contribution < -0.4 is 5.32 Å². The Labute approximate surface area is 109 Å². The van der Waals surface area contributed by atoms with Crippen LogP contribution in [0.25, 0.3) is 0 Å². The lowest BCUT2D eigenvalue weighted by atomic mass is 9.92. The molecule has 3 heterocycles. The van der Waals surface area contributed by atoms with Crippen molar-refractivity contribution in [3.8, 4) is 0 Å². The van der Waals surface area contributed by atoms with Crippen molar-refractivity contribution in [1.29, 1.82) is 0 Å². The summed E-state index contributed by atoms with van der Waals surface area (Å²) < 4.78 is 0. The van der Waals surface area contributed by atoms with Crippen LogP contribution in [0.2, 0.25) is 0 Å². The van der Waals surface area contributed by atoms with Gasteiger partial charge in [-0.25, -0.2) is 4.98 Å². The quantitative estimate of drug-likeness (QED) is 0.854. The Balaban J connectivity index is 1.45. The van der Waals surface area contributed by atoms with Gasteiger partial charge in [-0.2, -0.15) is 0 Å². The van der Waals surface area contributed by atoms with E-state index in [1.807, 2.05) is 6.20 Å². The minimum atomic E-state index is 0.702. The zero-order valence-electron chi connectivity index (χ0n) is 11.1. The first-order valence-corrected chi connectivity index (χ1v) is 7.33. The van der Waals surface area contributed by atoms with E-state index in [9.17, 15) is 0 Å². The van der Waals surface area contributed by atoms with Gasteiger partial charge in [0.05, 0.1) is 6.33 Å². The van der Waals surface area contributed by atoms with E-state index in [-0.39, 0.29) is 0 Å². The van der Waals surface area contributed by atoms with Crippen LogP contribution in [0.3, 0.4) is 0 Å². The van der Waals surface area contributed by atoms with Gasteiger partial charge < -0.3 is 15.2 Å². The van der Waals surface area contributed by atoms with Crippen LogP contribution in [0.15, 0.2) is 12.5 Å². The van der Waals surface area contributed by atoms with Gasteiger partial charge in [0.1, 0.15) is 0 Å². The molecule has 1 unspecified atom stereocenters. The molecule has 1 aromatic heterocycles. The number of likely N-dealkylation sites (tertiary alicyclic amines) is 1. The molecule has 0 amide bonds. The molecule has 0 aliphatic carbocycles. The average Bonchev–Trinajstić information content (AvgIpc) is 2.95. The molecule has 0 bridgehead atoms. The van der Waals surface area contributed by atoms with E-state index in [0.29, 0.717) is 5.92 Å². The van der Waals surface area contributed by atoms with Crippen molar-refractivity contribution in [1.82, 2.24) is 20.2 Å². The van der Waals surface area contributed by atoms with Crippen LogP contribution >= 0.6 is 0 Å². The molecule has 4 nitrogen and oxygen atoms in total. The van der Waals surface area contributed by atoms with Gasteiger partial charge in [0, 0.05) is 24.4 Å². The van der Waals surface area contributed by atoms with Crippen molar-refractivity contribution < 1.29 is 0 Å². The molecule has 2 aliphatic rings. The van der Waals surface area contributed by atoms with E-state index in [1.165, 1.54) is 64.1 Å². The predicted octanol–water partition coefficient (Wildman–Crippen LogP) is 1.59. The minimum Gasteiger partial charge on any atom is -0.348 e. The van der Waals surface area contributed by atoms with Crippen molar-refractivity contribution >= 4 is 0 Å². The third-order valence-electron chi connectivity index (χ3n) is 4.46. The third-order valence-corrected chi connectivity index (χ3v) is 4.46. The van der Waals surface area contributed by atoms with Gasteiger partial charge in [0.25, 0.3) is 0 Å². The molecule has 2 aliphatic heterocycles. The van der Waals surface area contributed by atoms with Crippen LogP contribution in [-0.2, 0) is 0 Å². The topological polar surface area (TPSA) is 44.0 Å². The third kappa shape index (κ3) is 2.93. The Morgan fingerprint density at radius 1 is 1.28 bits per heavy atom. The van der Waals surface area contributed by atoms with E-state index in [2.05, 4.69) is 20.2 Å². The van der Waals surface area contributed by atoms with Gasteiger partial charge in [-0.05, 0) is 57.8 Å². The Hall–Kier alpha value is -0.870. The average molecular weight is 248 g/mol. The van der Waals surface area contributed by atoms with Crippen molar-refractivity contribution in [3.05, 3.63) is 18.2 Å². The number of aromatic nitrogens is 2. The number of piperidine rings is 2. The summed E-state index contributed by atoms with van der Waals surface area (Å²) in [5.74, 6) is 1.58. The van der Waals surface area contributed by atoms with E-state index in [4.69, 9.17) is 0 Å².